The average Bonchev–Trinajstić information content (AvgIpc) is 3.26. The Kier molecular flexibility index (Phi) is 5.93. The van der Waals surface area contributed by atoms with Crippen LogP contribution in [0.3, 0.4) is 0 Å². The summed E-state index contributed by atoms with van der Waals surface area (Å²) in [7, 11) is -0.943. The summed E-state index contributed by atoms with van der Waals surface area (Å²) in [4.78, 5) is 13.1. The number of hydrogen-bond donors (Lipinski definition) is 1. The van der Waals surface area contributed by atoms with Gasteiger partial charge in [-0.25, -0.2) is 8.42 Å². The Morgan fingerprint density at radius 3 is 2.53 bits per heavy atom. The van der Waals surface area contributed by atoms with E-state index in [1.165, 1.54) is 41.7 Å². The Labute approximate surface area is 188 Å². The van der Waals surface area contributed by atoms with Gasteiger partial charge in [-0.2, -0.15) is 0 Å². The van der Waals surface area contributed by atoms with Crippen molar-refractivity contribution in [2.24, 2.45) is 0 Å². The van der Waals surface area contributed by atoms with Gasteiger partial charge in [0.1, 0.15) is 5.75 Å². The van der Waals surface area contributed by atoms with Crippen LogP contribution in [0.4, 0.5) is 11.4 Å². The van der Waals surface area contributed by atoms with Gasteiger partial charge >= 0.3 is 0 Å². The van der Waals surface area contributed by atoms with Crippen LogP contribution >= 0.6 is 0 Å². The number of methoxy groups -OCH3 is 1. The summed E-state index contributed by atoms with van der Waals surface area (Å²) in [6.07, 6.45) is 3.22. The molecule has 0 aliphatic heterocycles. The third-order valence-corrected chi connectivity index (χ3v) is 7.66. The highest BCUT2D eigenvalue weighted by atomic mass is 32.2. The van der Waals surface area contributed by atoms with Gasteiger partial charge in [0, 0.05) is 18.3 Å². The summed E-state index contributed by atoms with van der Waals surface area (Å²) in [5.74, 6) is 0.109. The van der Waals surface area contributed by atoms with E-state index in [-0.39, 0.29) is 10.8 Å². The van der Waals surface area contributed by atoms with Crippen molar-refractivity contribution in [1.29, 1.82) is 0 Å². The second-order valence-corrected chi connectivity index (χ2v) is 9.88. The average molecular weight is 451 g/mol. The molecule has 0 saturated carbocycles. The molecule has 1 N–H and O–H groups in total. The summed E-state index contributed by atoms with van der Waals surface area (Å²) in [5, 5.41) is 2.92. The standard InChI is InChI=1S/C25H26N2O4S/c1-17-11-14-21(32(29,30)27(2)23-9-4-5-10-24(23)31-3)16-22(17)25(28)26-20-13-12-18-7-6-8-19(18)15-20/h4-5,9-16H,6-8H2,1-3H3,(H,26,28). The van der Waals surface area contributed by atoms with Crippen LogP contribution in [0.1, 0.15) is 33.5 Å². The molecule has 0 aromatic heterocycles. The molecule has 0 heterocycles. The Balaban J connectivity index is 1.63. The number of carbonyl (C=O) groups excluding carboxylic acids is 1. The molecular weight excluding hydrogens is 424 g/mol. The first-order valence-electron chi connectivity index (χ1n) is 10.5. The van der Waals surface area contributed by atoms with Crippen molar-refractivity contribution in [1.82, 2.24) is 0 Å². The normalized spacial score (nSPS) is 12.8. The fourth-order valence-corrected chi connectivity index (χ4v) is 5.26. The summed E-state index contributed by atoms with van der Waals surface area (Å²) < 4.78 is 33.1. The fourth-order valence-electron chi connectivity index (χ4n) is 4.03. The van der Waals surface area contributed by atoms with Crippen molar-refractivity contribution in [3.8, 4) is 5.75 Å². The third kappa shape index (κ3) is 4.08. The highest BCUT2D eigenvalue weighted by Crippen LogP contribution is 2.31. The number of fused-ring (bicyclic) bond motifs is 1. The van der Waals surface area contributed by atoms with Gasteiger partial charge in [-0.1, -0.05) is 24.3 Å². The molecule has 0 atom stereocenters. The molecule has 0 saturated heterocycles. The highest BCUT2D eigenvalue weighted by Gasteiger charge is 2.25. The SMILES string of the molecule is COc1ccccc1N(C)S(=O)(=O)c1ccc(C)c(C(=O)Nc2ccc3c(c2)CCC3)c1. The molecule has 1 amide bonds. The molecule has 0 spiro atoms. The number of benzene rings is 3. The molecule has 0 unspecified atom stereocenters. The number of nitrogens with zero attached hydrogens (tertiary/aromatic N) is 1. The van der Waals surface area contributed by atoms with Crippen molar-refractivity contribution in [3.05, 3.63) is 82.9 Å². The Morgan fingerprint density at radius 2 is 1.75 bits per heavy atom. The number of hydrogen-bond acceptors (Lipinski definition) is 4. The Hall–Kier alpha value is -3.32. The van der Waals surface area contributed by atoms with Crippen LogP contribution in [0.15, 0.2) is 65.6 Å². The van der Waals surface area contributed by atoms with Gasteiger partial charge in [0.2, 0.25) is 0 Å². The lowest BCUT2D eigenvalue weighted by atomic mass is 10.1. The van der Waals surface area contributed by atoms with Crippen molar-refractivity contribution >= 4 is 27.3 Å². The molecule has 166 valence electrons. The zero-order valence-corrected chi connectivity index (χ0v) is 19.2. The first-order chi connectivity index (χ1) is 15.3. The van der Waals surface area contributed by atoms with Crippen molar-refractivity contribution in [3.63, 3.8) is 0 Å². The highest BCUT2D eigenvalue weighted by molar-refractivity contribution is 7.92. The van der Waals surface area contributed by atoms with E-state index in [0.717, 1.165) is 24.9 Å². The summed E-state index contributed by atoms with van der Waals surface area (Å²) in [6, 6.07) is 17.4. The third-order valence-electron chi connectivity index (χ3n) is 5.89. The number of amides is 1. The van der Waals surface area contributed by atoms with Crippen LogP contribution in [0.25, 0.3) is 0 Å². The van der Waals surface area contributed by atoms with Gasteiger partial charge in [0.05, 0.1) is 17.7 Å². The number of aryl methyl sites for hydroxylation is 3. The van der Waals surface area contributed by atoms with Crippen LogP contribution in [-0.4, -0.2) is 28.5 Å². The maximum atomic E-state index is 13.3. The second kappa shape index (κ2) is 8.67. The van der Waals surface area contributed by atoms with Gasteiger partial charge in [0.15, 0.2) is 0 Å². The van der Waals surface area contributed by atoms with Gasteiger partial charge in [-0.15, -0.1) is 0 Å². The van der Waals surface area contributed by atoms with E-state index >= 15 is 0 Å². The van der Waals surface area contributed by atoms with Crippen LogP contribution in [-0.2, 0) is 22.9 Å². The molecule has 1 aliphatic rings. The lowest BCUT2D eigenvalue weighted by Gasteiger charge is -2.22. The molecule has 3 aromatic rings. The van der Waals surface area contributed by atoms with E-state index in [0.29, 0.717) is 22.6 Å². The first-order valence-corrected chi connectivity index (χ1v) is 11.9. The quantitative estimate of drug-likeness (QED) is 0.597. The van der Waals surface area contributed by atoms with Crippen molar-refractivity contribution < 1.29 is 17.9 Å². The first kappa shape index (κ1) is 21.9. The van der Waals surface area contributed by atoms with E-state index in [1.54, 1.807) is 37.3 Å². The lowest BCUT2D eigenvalue weighted by Crippen LogP contribution is -2.27. The zero-order valence-electron chi connectivity index (χ0n) is 18.4. The lowest BCUT2D eigenvalue weighted by molar-refractivity contribution is 0.102. The Bertz CT molecular complexity index is 1280. The molecule has 7 heteroatoms. The molecule has 0 radical (unpaired) electrons. The number of nitrogens with one attached hydrogen (secondary N) is 1. The summed E-state index contributed by atoms with van der Waals surface area (Å²) in [5.41, 5.74) is 4.73. The summed E-state index contributed by atoms with van der Waals surface area (Å²) in [6.45, 7) is 1.79. The number of ether oxygens (including phenoxy) is 1. The van der Waals surface area contributed by atoms with Crippen LogP contribution in [0, 0.1) is 6.92 Å². The van der Waals surface area contributed by atoms with E-state index in [1.807, 2.05) is 18.2 Å². The van der Waals surface area contributed by atoms with Crippen LogP contribution in [0.5, 0.6) is 5.75 Å². The minimum atomic E-state index is -3.90. The van der Waals surface area contributed by atoms with Gasteiger partial charge in [0.25, 0.3) is 15.9 Å². The topological polar surface area (TPSA) is 75.7 Å². The number of rotatable bonds is 6. The number of carbonyl (C=O) groups is 1. The molecule has 6 nitrogen and oxygen atoms in total. The Morgan fingerprint density at radius 1 is 1.00 bits per heavy atom. The zero-order chi connectivity index (χ0) is 22.9. The van der Waals surface area contributed by atoms with Crippen molar-refractivity contribution in [2.45, 2.75) is 31.1 Å². The van der Waals surface area contributed by atoms with E-state index in [9.17, 15) is 13.2 Å². The van der Waals surface area contributed by atoms with E-state index < -0.39 is 10.0 Å². The van der Waals surface area contributed by atoms with Crippen LogP contribution < -0.4 is 14.4 Å². The fraction of sp³-hybridized carbons (Fsp3) is 0.240. The predicted octanol–water partition coefficient (Wildman–Crippen LogP) is 4.57. The van der Waals surface area contributed by atoms with E-state index in [4.69, 9.17) is 4.74 Å². The maximum Gasteiger partial charge on any atom is 0.264 e. The molecule has 3 aromatic carbocycles. The summed E-state index contributed by atoms with van der Waals surface area (Å²) >= 11 is 0. The van der Waals surface area contributed by atoms with Gasteiger partial charge in [-0.3, -0.25) is 9.10 Å². The predicted molar refractivity (Wildman–Crippen MR) is 126 cm³/mol. The van der Waals surface area contributed by atoms with Crippen LogP contribution in [0.2, 0.25) is 0 Å². The molecule has 32 heavy (non-hydrogen) atoms. The monoisotopic (exact) mass is 450 g/mol. The molecule has 0 fully saturated rings. The van der Waals surface area contributed by atoms with E-state index in [2.05, 4.69) is 5.32 Å². The molecule has 0 bridgehead atoms. The minimum Gasteiger partial charge on any atom is -0.495 e. The molecule has 4 rings (SSSR count). The largest absolute Gasteiger partial charge is 0.495 e. The molecular formula is C25H26N2O4S. The number of sulfonamides is 1. The van der Waals surface area contributed by atoms with Crippen molar-refractivity contribution in [2.75, 3.05) is 23.8 Å². The molecule has 1 aliphatic carbocycles. The van der Waals surface area contributed by atoms with Gasteiger partial charge in [-0.05, 0) is 79.3 Å². The smallest absolute Gasteiger partial charge is 0.264 e. The number of anilines is 2. The maximum absolute atomic E-state index is 13.3. The number of para-hydroxylation sites is 2. The minimum absolute atomic E-state index is 0.0376. The van der Waals surface area contributed by atoms with Gasteiger partial charge < -0.3 is 10.1 Å². The second-order valence-electron chi connectivity index (χ2n) is 7.91.